The molecule has 1 aromatic heterocycles. The number of amides is 2. The molecule has 0 radical (unpaired) electrons. The summed E-state index contributed by atoms with van der Waals surface area (Å²) in [5.74, 6) is -4.84. The SMILES string of the molecule is CN(C)C(=O)NCC1CC12CCN(Cc1cccnc1)CC2.O=C(O)C(F)(F)F.O=C(O)C(F)(F)F. The maximum absolute atomic E-state index is 11.6. The smallest absolute Gasteiger partial charge is 0.475 e. The van der Waals surface area contributed by atoms with Crippen LogP contribution in [0.1, 0.15) is 24.8 Å². The largest absolute Gasteiger partial charge is 0.490 e. The number of hydrogen-bond acceptors (Lipinski definition) is 5. The molecule has 0 bridgehead atoms. The minimum atomic E-state index is -5.08. The lowest BCUT2D eigenvalue weighted by molar-refractivity contribution is -0.193. The Balaban J connectivity index is 0.000000383. The highest BCUT2D eigenvalue weighted by molar-refractivity contribution is 5.73. The Bertz CT molecular complexity index is 848. The van der Waals surface area contributed by atoms with E-state index < -0.39 is 24.3 Å². The molecule has 1 aliphatic heterocycles. The molecule has 1 saturated carbocycles. The third-order valence-corrected chi connectivity index (χ3v) is 5.73. The molecule has 1 unspecified atom stereocenters. The van der Waals surface area contributed by atoms with E-state index in [0.717, 1.165) is 26.2 Å². The molecule has 15 heteroatoms. The van der Waals surface area contributed by atoms with Gasteiger partial charge in [-0.3, -0.25) is 9.88 Å². The molecule has 36 heavy (non-hydrogen) atoms. The van der Waals surface area contributed by atoms with E-state index in [0.29, 0.717) is 11.3 Å². The number of carboxylic acid groups (broad SMARTS) is 2. The van der Waals surface area contributed by atoms with Crippen LogP contribution in [0, 0.1) is 11.3 Å². The first-order valence-electron chi connectivity index (χ1n) is 10.6. The Kier molecular flexibility index (Phi) is 10.9. The van der Waals surface area contributed by atoms with Crippen LogP contribution < -0.4 is 5.32 Å². The van der Waals surface area contributed by atoms with Gasteiger partial charge in [-0.1, -0.05) is 6.07 Å². The van der Waals surface area contributed by atoms with E-state index in [1.807, 2.05) is 18.5 Å². The van der Waals surface area contributed by atoms with Gasteiger partial charge in [-0.15, -0.1) is 0 Å². The Hall–Kier alpha value is -3.10. The van der Waals surface area contributed by atoms with Crippen molar-refractivity contribution in [3.8, 4) is 0 Å². The van der Waals surface area contributed by atoms with Gasteiger partial charge in [0, 0.05) is 39.6 Å². The normalized spacial score (nSPS) is 18.6. The van der Waals surface area contributed by atoms with Crippen LogP contribution in [0.5, 0.6) is 0 Å². The molecule has 1 aromatic rings. The van der Waals surface area contributed by atoms with Crippen LogP contribution in [-0.2, 0) is 16.1 Å². The fourth-order valence-electron chi connectivity index (χ4n) is 3.61. The van der Waals surface area contributed by atoms with Gasteiger partial charge in [-0.2, -0.15) is 26.3 Å². The first-order chi connectivity index (χ1) is 16.5. The molecule has 2 fully saturated rings. The molecular weight excluding hydrogens is 502 g/mol. The van der Waals surface area contributed by atoms with Crippen LogP contribution >= 0.6 is 0 Å². The monoisotopic (exact) mass is 530 g/mol. The van der Waals surface area contributed by atoms with Gasteiger partial charge in [-0.05, 0) is 55.3 Å². The van der Waals surface area contributed by atoms with Crippen molar-refractivity contribution in [2.45, 2.75) is 38.2 Å². The number of likely N-dealkylation sites (tertiary alicyclic amines) is 1. The number of halogens is 6. The van der Waals surface area contributed by atoms with Crippen molar-refractivity contribution < 1.29 is 50.9 Å². The summed E-state index contributed by atoms with van der Waals surface area (Å²) < 4.78 is 63.5. The maximum atomic E-state index is 11.6. The summed E-state index contributed by atoms with van der Waals surface area (Å²) >= 11 is 0. The second kappa shape index (κ2) is 12.7. The van der Waals surface area contributed by atoms with Gasteiger partial charge in [0.1, 0.15) is 0 Å². The Morgan fingerprint density at radius 3 is 1.97 bits per heavy atom. The number of aromatic nitrogens is 1. The molecule has 1 saturated heterocycles. The fraction of sp³-hybridized carbons (Fsp3) is 0.619. The van der Waals surface area contributed by atoms with Gasteiger partial charge in [-0.25, -0.2) is 14.4 Å². The van der Waals surface area contributed by atoms with Crippen molar-refractivity contribution in [2.75, 3.05) is 33.7 Å². The minimum absolute atomic E-state index is 0.0241. The van der Waals surface area contributed by atoms with Gasteiger partial charge in [0.05, 0.1) is 0 Å². The molecule has 2 heterocycles. The molecule has 3 N–H and O–H groups in total. The number of pyridine rings is 1. The molecule has 3 rings (SSSR count). The minimum Gasteiger partial charge on any atom is -0.475 e. The van der Waals surface area contributed by atoms with E-state index in [2.05, 4.69) is 21.3 Å². The number of aliphatic carboxylic acids is 2. The first kappa shape index (κ1) is 30.9. The number of carboxylic acids is 2. The Morgan fingerprint density at radius 1 is 1.08 bits per heavy atom. The van der Waals surface area contributed by atoms with Crippen LogP contribution in [-0.4, -0.2) is 89.0 Å². The quantitative estimate of drug-likeness (QED) is 0.511. The van der Waals surface area contributed by atoms with E-state index in [1.54, 1.807) is 19.0 Å². The van der Waals surface area contributed by atoms with Crippen molar-refractivity contribution in [3.63, 3.8) is 0 Å². The molecule has 204 valence electrons. The predicted octanol–water partition coefficient (Wildman–Crippen LogP) is 3.22. The van der Waals surface area contributed by atoms with Gasteiger partial charge in [0.15, 0.2) is 0 Å². The third-order valence-electron chi connectivity index (χ3n) is 5.73. The van der Waals surface area contributed by atoms with Crippen LogP contribution in [0.25, 0.3) is 0 Å². The number of rotatable bonds is 4. The van der Waals surface area contributed by atoms with E-state index in [4.69, 9.17) is 19.8 Å². The number of hydrogen-bond donors (Lipinski definition) is 3. The summed E-state index contributed by atoms with van der Waals surface area (Å²) in [7, 11) is 3.57. The van der Waals surface area contributed by atoms with Gasteiger partial charge in [0.25, 0.3) is 0 Å². The number of piperidine rings is 1. The highest BCUT2D eigenvalue weighted by atomic mass is 19.4. The maximum Gasteiger partial charge on any atom is 0.490 e. The number of carbonyl (C=O) groups is 3. The van der Waals surface area contributed by atoms with Gasteiger partial charge < -0.3 is 20.4 Å². The molecule has 1 aliphatic carbocycles. The summed E-state index contributed by atoms with van der Waals surface area (Å²) in [6, 6.07) is 4.18. The predicted molar refractivity (Wildman–Crippen MR) is 114 cm³/mol. The lowest BCUT2D eigenvalue weighted by Gasteiger charge is -2.33. The number of nitrogens with zero attached hydrogens (tertiary/aromatic N) is 3. The van der Waals surface area contributed by atoms with Crippen molar-refractivity contribution in [3.05, 3.63) is 30.1 Å². The average molecular weight is 530 g/mol. The van der Waals surface area contributed by atoms with E-state index in [9.17, 15) is 31.1 Å². The molecular formula is C21H28F6N4O5. The Morgan fingerprint density at radius 2 is 1.58 bits per heavy atom. The zero-order valence-corrected chi connectivity index (χ0v) is 19.6. The second-order valence-electron chi connectivity index (χ2n) is 8.59. The van der Waals surface area contributed by atoms with E-state index in [1.165, 1.54) is 24.8 Å². The highest BCUT2D eigenvalue weighted by Crippen LogP contribution is 2.59. The lowest BCUT2D eigenvalue weighted by atomic mass is 9.90. The van der Waals surface area contributed by atoms with Gasteiger partial charge >= 0.3 is 30.3 Å². The second-order valence-corrected chi connectivity index (χ2v) is 8.59. The number of alkyl halides is 6. The summed E-state index contributed by atoms with van der Waals surface area (Å²) in [5.41, 5.74) is 1.80. The molecule has 2 aliphatic rings. The molecule has 9 nitrogen and oxygen atoms in total. The van der Waals surface area contributed by atoms with Crippen LogP contribution in [0.3, 0.4) is 0 Å². The first-order valence-corrected chi connectivity index (χ1v) is 10.6. The Labute approximate surface area is 203 Å². The van der Waals surface area contributed by atoms with E-state index in [-0.39, 0.29) is 6.03 Å². The third kappa shape index (κ3) is 10.7. The zero-order chi connectivity index (χ0) is 27.7. The van der Waals surface area contributed by atoms with Crippen molar-refractivity contribution in [2.24, 2.45) is 11.3 Å². The van der Waals surface area contributed by atoms with Crippen molar-refractivity contribution in [1.29, 1.82) is 0 Å². The van der Waals surface area contributed by atoms with E-state index >= 15 is 0 Å². The summed E-state index contributed by atoms with van der Waals surface area (Å²) in [6.45, 7) is 4.16. The number of carbonyl (C=O) groups excluding carboxylic acids is 1. The van der Waals surface area contributed by atoms with Crippen LogP contribution in [0.2, 0.25) is 0 Å². The summed E-state index contributed by atoms with van der Waals surface area (Å²) in [6.07, 6.45) is -2.58. The van der Waals surface area contributed by atoms with Crippen LogP contribution in [0.4, 0.5) is 31.1 Å². The molecule has 1 atom stereocenters. The number of urea groups is 1. The summed E-state index contributed by atoms with van der Waals surface area (Å²) in [5, 5.41) is 17.3. The highest BCUT2D eigenvalue weighted by Gasteiger charge is 2.54. The average Bonchev–Trinajstić information content (AvgIpc) is 3.45. The number of nitrogens with one attached hydrogen (secondary N) is 1. The fourth-order valence-corrected chi connectivity index (χ4v) is 3.61. The summed E-state index contributed by atoms with van der Waals surface area (Å²) in [4.78, 5) is 37.7. The van der Waals surface area contributed by atoms with Crippen molar-refractivity contribution >= 4 is 18.0 Å². The van der Waals surface area contributed by atoms with Gasteiger partial charge in [0.2, 0.25) is 0 Å². The standard InChI is InChI=1S/C17H26N4O.2C2HF3O2/c1-20(2)16(22)19-12-15-10-17(15)5-8-21(9-6-17)13-14-4-3-7-18-11-14;2*3-2(4,5)1(6)7/h3-4,7,11,15H,5-6,8-10,12-13H2,1-2H3,(H,19,22);2*(H,6,7). The lowest BCUT2D eigenvalue weighted by Crippen LogP contribution is -2.38. The topological polar surface area (TPSA) is 123 Å². The zero-order valence-electron chi connectivity index (χ0n) is 19.6. The van der Waals surface area contributed by atoms with Crippen molar-refractivity contribution in [1.82, 2.24) is 20.1 Å². The van der Waals surface area contributed by atoms with Crippen LogP contribution in [0.15, 0.2) is 24.5 Å². The molecule has 2 amide bonds. The molecule has 0 aromatic carbocycles. The molecule has 1 spiro atoms.